The molecule has 0 aliphatic carbocycles. The van der Waals surface area contributed by atoms with Crippen LogP contribution < -0.4 is 0 Å². The molecule has 0 aliphatic rings. The maximum Gasteiger partial charge on any atom is 0.113 e. The molecule has 0 unspecified atom stereocenters. The second-order valence-corrected chi connectivity index (χ2v) is 4.05. The van der Waals surface area contributed by atoms with Crippen molar-refractivity contribution < 1.29 is 0 Å². The molecule has 0 fully saturated rings. The van der Waals surface area contributed by atoms with Crippen LogP contribution in [0.2, 0.25) is 0 Å². The molecular weight excluding hydrogens is 282 g/mol. The van der Waals surface area contributed by atoms with Crippen LogP contribution in [0.5, 0.6) is 0 Å². The maximum absolute atomic E-state index is 4.18. The van der Waals surface area contributed by atoms with Crippen LogP contribution in [-0.4, -0.2) is 4.98 Å². The van der Waals surface area contributed by atoms with Gasteiger partial charge in [-0.3, -0.25) is 0 Å². The van der Waals surface area contributed by atoms with Crippen LogP contribution in [0.1, 0.15) is 0 Å². The van der Waals surface area contributed by atoms with Crippen molar-refractivity contribution >= 4 is 42.6 Å². The number of hydrogen-bond donors (Lipinski definition) is 0. The summed E-state index contributed by atoms with van der Waals surface area (Å²) < 4.78 is 1.92. The molecule has 0 saturated carbocycles. The highest BCUT2D eigenvalue weighted by Crippen LogP contribution is 2.27. The molecule has 1 aromatic heterocycles. The van der Waals surface area contributed by atoms with Gasteiger partial charge in [-0.05, 0) is 31.9 Å². The lowest BCUT2D eigenvalue weighted by Gasteiger charge is -2.00. The van der Waals surface area contributed by atoms with Crippen LogP contribution in [-0.2, 0) is 0 Å². The van der Waals surface area contributed by atoms with E-state index in [4.69, 9.17) is 0 Å². The Morgan fingerprint density at radius 3 is 2.33 bits per heavy atom. The highest BCUT2D eigenvalue weighted by molar-refractivity contribution is 9.11. The quantitative estimate of drug-likeness (QED) is 0.672. The maximum atomic E-state index is 4.18. The van der Waals surface area contributed by atoms with E-state index in [1.165, 1.54) is 5.39 Å². The van der Waals surface area contributed by atoms with Gasteiger partial charge in [-0.15, -0.1) is 0 Å². The van der Waals surface area contributed by atoms with E-state index in [0.29, 0.717) is 0 Å². The van der Waals surface area contributed by atoms with Gasteiger partial charge in [0.1, 0.15) is 4.60 Å². The first kappa shape index (κ1) is 8.20. The fraction of sp³-hybridized carbons (Fsp3) is 0. The van der Waals surface area contributed by atoms with E-state index in [2.05, 4.69) is 42.9 Å². The first-order valence-corrected chi connectivity index (χ1v) is 5.06. The molecular formula is C9H5Br2N. The number of halogens is 2. The molecule has 12 heavy (non-hydrogen) atoms. The molecule has 0 bridgehead atoms. The first-order valence-electron chi connectivity index (χ1n) is 3.48. The summed E-state index contributed by atoms with van der Waals surface area (Å²) in [6, 6.07) is 8.11. The Morgan fingerprint density at radius 1 is 1.00 bits per heavy atom. The van der Waals surface area contributed by atoms with Gasteiger partial charge in [0.15, 0.2) is 0 Å². The highest BCUT2D eigenvalue weighted by Gasteiger charge is 2.01. The van der Waals surface area contributed by atoms with Crippen molar-refractivity contribution in [1.29, 1.82) is 0 Å². The molecule has 60 valence electrons. The summed E-state index contributed by atoms with van der Waals surface area (Å²) >= 11 is 6.85. The van der Waals surface area contributed by atoms with Gasteiger partial charge in [0.25, 0.3) is 0 Å². The predicted molar refractivity (Wildman–Crippen MR) is 57.1 cm³/mol. The van der Waals surface area contributed by atoms with Crippen molar-refractivity contribution in [3.05, 3.63) is 39.5 Å². The predicted octanol–water partition coefficient (Wildman–Crippen LogP) is 3.76. The molecule has 0 aliphatic heterocycles. The highest BCUT2D eigenvalue weighted by atomic mass is 79.9. The van der Waals surface area contributed by atoms with Crippen LogP contribution in [0.4, 0.5) is 0 Å². The summed E-state index contributed by atoms with van der Waals surface area (Å²) in [4.78, 5) is 4.18. The summed E-state index contributed by atoms with van der Waals surface area (Å²) in [5.41, 5.74) is 0. The Labute approximate surface area is 87.1 Å². The SMILES string of the molecule is Brc1cnc(Br)c2ccccc12. The standard InChI is InChI=1S/C9H5Br2N/c10-8-5-12-9(11)7-4-2-1-3-6(7)8/h1-5H. The van der Waals surface area contributed by atoms with Gasteiger partial charge < -0.3 is 0 Å². The van der Waals surface area contributed by atoms with Crippen molar-refractivity contribution in [1.82, 2.24) is 4.98 Å². The zero-order valence-corrected chi connectivity index (χ0v) is 9.26. The largest absolute Gasteiger partial charge is 0.248 e. The average Bonchev–Trinajstić information content (AvgIpc) is 2.12. The molecule has 0 N–H and O–H groups in total. The third-order valence-electron chi connectivity index (χ3n) is 1.70. The first-order chi connectivity index (χ1) is 5.79. The fourth-order valence-corrected chi connectivity index (χ4v) is 2.02. The van der Waals surface area contributed by atoms with E-state index in [1.807, 2.05) is 18.2 Å². The molecule has 0 spiro atoms. The van der Waals surface area contributed by atoms with Crippen molar-refractivity contribution in [2.75, 3.05) is 0 Å². The Hall–Kier alpha value is -0.410. The summed E-state index contributed by atoms with van der Waals surface area (Å²) in [6.45, 7) is 0. The molecule has 3 heteroatoms. The molecule has 1 nitrogen and oxygen atoms in total. The number of benzene rings is 1. The molecule has 0 amide bonds. The monoisotopic (exact) mass is 285 g/mol. The van der Waals surface area contributed by atoms with Gasteiger partial charge in [-0.1, -0.05) is 24.3 Å². The van der Waals surface area contributed by atoms with Crippen LogP contribution in [0.25, 0.3) is 10.8 Å². The summed E-state index contributed by atoms with van der Waals surface area (Å²) in [7, 11) is 0. The number of fused-ring (bicyclic) bond motifs is 1. The molecule has 2 rings (SSSR count). The smallest absolute Gasteiger partial charge is 0.113 e. The molecule has 1 heterocycles. The number of nitrogens with zero attached hydrogens (tertiary/aromatic N) is 1. The Balaban J connectivity index is 2.95. The van der Waals surface area contributed by atoms with Crippen molar-refractivity contribution in [3.8, 4) is 0 Å². The third kappa shape index (κ3) is 1.27. The Morgan fingerprint density at radius 2 is 1.67 bits per heavy atom. The second kappa shape index (κ2) is 3.15. The molecule has 0 radical (unpaired) electrons. The fourth-order valence-electron chi connectivity index (χ4n) is 1.12. The van der Waals surface area contributed by atoms with E-state index in [0.717, 1.165) is 14.5 Å². The number of rotatable bonds is 0. The number of aromatic nitrogens is 1. The van der Waals surface area contributed by atoms with E-state index in [1.54, 1.807) is 6.20 Å². The van der Waals surface area contributed by atoms with Crippen LogP contribution in [0, 0.1) is 0 Å². The topological polar surface area (TPSA) is 12.9 Å². The number of hydrogen-bond acceptors (Lipinski definition) is 1. The van der Waals surface area contributed by atoms with E-state index >= 15 is 0 Å². The molecule has 0 atom stereocenters. The van der Waals surface area contributed by atoms with Crippen LogP contribution in [0.15, 0.2) is 39.5 Å². The molecule has 0 saturated heterocycles. The van der Waals surface area contributed by atoms with Gasteiger partial charge in [0.05, 0.1) is 0 Å². The number of pyridine rings is 1. The van der Waals surface area contributed by atoms with Gasteiger partial charge in [-0.25, -0.2) is 4.98 Å². The van der Waals surface area contributed by atoms with Gasteiger partial charge in [0.2, 0.25) is 0 Å². The molecule has 2 aromatic rings. The van der Waals surface area contributed by atoms with E-state index < -0.39 is 0 Å². The zero-order chi connectivity index (χ0) is 8.55. The van der Waals surface area contributed by atoms with Gasteiger partial charge in [-0.2, -0.15) is 0 Å². The second-order valence-electron chi connectivity index (χ2n) is 2.44. The van der Waals surface area contributed by atoms with Crippen molar-refractivity contribution in [2.45, 2.75) is 0 Å². The minimum Gasteiger partial charge on any atom is -0.248 e. The van der Waals surface area contributed by atoms with Crippen LogP contribution >= 0.6 is 31.9 Å². The Bertz CT molecular complexity index is 385. The lowest BCUT2D eigenvalue weighted by Crippen LogP contribution is -1.79. The van der Waals surface area contributed by atoms with Gasteiger partial charge in [0, 0.05) is 21.4 Å². The lowest BCUT2D eigenvalue weighted by molar-refractivity contribution is 1.30. The van der Waals surface area contributed by atoms with Crippen molar-refractivity contribution in [3.63, 3.8) is 0 Å². The minimum atomic E-state index is 0.890. The lowest BCUT2D eigenvalue weighted by atomic mass is 10.2. The van der Waals surface area contributed by atoms with Crippen LogP contribution in [0.3, 0.4) is 0 Å². The van der Waals surface area contributed by atoms with Crippen molar-refractivity contribution in [2.24, 2.45) is 0 Å². The average molecular weight is 287 g/mol. The Kier molecular flexibility index (Phi) is 2.15. The molecule has 1 aromatic carbocycles. The summed E-state index contributed by atoms with van der Waals surface area (Å²) in [6.07, 6.45) is 1.80. The zero-order valence-electron chi connectivity index (χ0n) is 6.09. The minimum absolute atomic E-state index is 0.890. The van der Waals surface area contributed by atoms with Gasteiger partial charge >= 0.3 is 0 Å². The summed E-state index contributed by atoms with van der Waals surface area (Å²) in [5, 5.41) is 2.31. The summed E-state index contributed by atoms with van der Waals surface area (Å²) in [5.74, 6) is 0. The third-order valence-corrected chi connectivity index (χ3v) is 2.96. The van der Waals surface area contributed by atoms with E-state index in [-0.39, 0.29) is 0 Å². The normalized spacial score (nSPS) is 10.5. The van der Waals surface area contributed by atoms with E-state index in [9.17, 15) is 0 Å².